The number of amides is 1. The highest BCUT2D eigenvalue weighted by molar-refractivity contribution is 6.31. The van der Waals surface area contributed by atoms with E-state index in [0.29, 0.717) is 47.9 Å². The van der Waals surface area contributed by atoms with E-state index in [1.807, 2.05) is 0 Å². The van der Waals surface area contributed by atoms with Crippen molar-refractivity contribution < 1.29 is 23.1 Å². The van der Waals surface area contributed by atoms with E-state index in [-0.39, 0.29) is 17.0 Å². The number of hydrogen-bond acceptors (Lipinski definition) is 5. The van der Waals surface area contributed by atoms with Crippen LogP contribution in [0.5, 0.6) is 5.75 Å². The predicted octanol–water partition coefficient (Wildman–Crippen LogP) is 5.36. The van der Waals surface area contributed by atoms with E-state index in [1.54, 1.807) is 30.3 Å². The number of nitrogens with one attached hydrogen (secondary N) is 2. The molecule has 0 atom stereocenters. The number of fused-ring (bicyclic) bond motifs is 1. The fourth-order valence-corrected chi connectivity index (χ4v) is 4.77. The third-order valence-electron chi connectivity index (χ3n) is 6.43. The molecule has 2 heterocycles. The molecule has 0 radical (unpaired) electrons. The van der Waals surface area contributed by atoms with E-state index in [9.17, 15) is 9.18 Å². The van der Waals surface area contributed by atoms with Crippen molar-refractivity contribution in [3.05, 3.63) is 64.1 Å². The molecule has 1 aromatic heterocycles. The van der Waals surface area contributed by atoms with Gasteiger partial charge in [0.05, 0.1) is 18.2 Å². The Morgan fingerprint density at radius 1 is 1.06 bits per heavy atom. The summed E-state index contributed by atoms with van der Waals surface area (Å²) >= 11 is 11.8. The van der Waals surface area contributed by atoms with Crippen LogP contribution in [0.25, 0.3) is 11.0 Å². The summed E-state index contributed by atoms with van der Waals surface area (Å²) in [6.45, 7) is 1.48. The molecule has 1 aliphatic carbocycles. The lowest BCUT2D eigenvalue weighted by molar-refractivity contribution is -0.159. The Labute approximate surface area is 206 Å². The monoisotopic (exact) mass is 506 g/mol. The van der Waals surface area contributed by atoms with Gasteiger partial charge in [-0.3, -0.25) is 4.79 Å². The van der Waals surface area contributed by atoms with E-state index < -0.39 is 11.4 Å². The standard InChI is InChI=1S/C25H25Cl2FN2O4/c26-16-1-8-22-15(9-16)10-23(33-22)24(31)30-18-4-2-17(3-5-18)29-12-25(13-32-14-25)34-19-6-7-20(27)21(28)11-19/h1,6-11,17-18,29H,2-5,12-14H2,(H,30,31)/t17-,18-. The van der Waals surface area contributed by atoms with Crippen LogP contribution < -0.4 is 15.4 Å². The fourth-order valence-electron chi connectivity index (χ4n) is 4.47. The molecule has 2 aromatic carbocycles. The van der Waals surface area contributed by atoms with Crippen LogP contribution in [0.3, 0.4) is 0 Å². The second-order valence-corrected chi connectivity index (χ2v) is 9.89. The van der Waals surface area contributed by atoms with Crippen molar-refractivity contribution in [3.63, 3.8) is 0 Å². The molecule has 6 nitrogen and oxygen atoms in total. The second kappa shape index (κ2) is 9.74. The summed E-state index contributed by atoms with van der Waals surface area (Å²) in [5, 5.41) is 8.13. The van der Waals surface area contributed by atoms with Crippen LogP contribution in [0, 0.1) is 5.82 Å². The lowest BCUT2D eigenvalue weighted by atomic mass is 9.90. The van der Waals surface area contributed by atoms with Gasteiger partial charge in [-0.2, -0.15) is 0 Å². The first-order valence-electron chi connectivity index (χ1n) is 11.3. The smallest absolute Gasteiger partial charge is 0.287 e. The normalized spacial score (nSPS) is 21.7. The third kappa shape index (κ3) is 5.18. The fraction of sp³-hybridized carbons (Fsp3) is 0.400. The molecular formula is C25H25Cl2FN2O4. The van der Waals surface area contributed by atoms with Crippen LogP contribution in [-0.4, -0.2) is 43.4 Å². The average molecular weight is 507 g/mol. The summed E-state index contributed by atoms with van der Waals surface area (Å²) in [5.41, 5.74) is 0.120. The Hall–Kier alpha value is -2.32. The predicted molar refractivity (Wildman–Crippen MR) is 128 cm³/mol. The molecule has 2 aliphatic rings. The first kappa shape index (κ1) is 23.4. The number of halogens is 3. The van der Waals surface area contributed by atoms with Crippen molar-refractivity contribution in [1.82, 2.24) is 10.6 Å². The summed E-state index contributed by atoms with van der Waals surface area (Å²) < 4.78 is 30.9. The van der Waals surface area contributed by atoms with E-state index >= 15 is 0 Å². The quantitative estimate of drug-likeness (QED) is 0.451. The molecule has 0 spiro atoms. The Bertz CT molecular complexity index is 1190. The molecule has 1 aliphatic heterocycles. The largest absolute Gasteiger partial charge is 0.481 e. The molecule has 1 saturated carbocycles. The first-order chi connectivity index (χ1) is 16.4. The molecule has 180 valence electrons. The summed E-state index contributed by atoms with van der Waals surface area (Å²) in [5.74, 6) is 0.0127. The minimum Gasteiger partial charge on any atom is -0.481 e. The van der Waals surface area contributed by atoms with Gasteiger partial charge in [0.1, 0.15) is 17.1 Å². The number of rotatable bonds is 7. The van der Waals surface area contributed by atoms with Crippen LogP contribution in [-0.2, 0) is 4.74 Å². The average Bonchev–Trinajstić information content (AvgIpc) is 3.22. The van der Waals surface area contributed by atoms with Crippen molar-refractivity contribution in [2.75, 3.05) is 19.8 Å². The van der Waals surface area contributed by atoms with Crippen molar-refractivity contribution in [2.24, 2.45) is 0 Å². The number of furan rings is 1. The number of ether oxygens (including phenoxy) is 2. The maximum Gasteiger partial charge on any atom is 0.287 e. The number of carbonyl (C=O) groups is 1. The van der Waals surface area contributed by atoms with Crippen molar-refractivity contribution in [3.8, 4) is 5.75 Å². The van der Waals surface area contributed by atoms with Crippen molar-refractivity contribution in [2.45, 2.75) is 43.4 Å². The highest BCUT2D eigenvalue weighted by Crippen LogP contribution is 2.29. The van der Waals surface area contributed by atoms with Crippen LogP contribution in [0.4, 0.5) is 4.39 Å². The number of hydrogen-bond donors (Lipinski definition) is 2. The van der Waals surface area contributed by atoms with Gasteiger partial charge >= 0.3 is 0 Å². The van der Waals surface area contributed by atoms with Crippen LogP contribution in [0.15, 0.2) is 46.9 Å². The third-order valence-corrected chi connectivity index (χ3v) is 6.97. The molecule has 1 amide bonds. The lowest BCUT2D eigenvalue weighted by Gasteiger charge is -2.43. The Balaban J connectivity index is 1.10. The van der Waals surface area contributed by atoms with E-state index in [4.69, 9.17) is 37.1 Å². The first-order valence-corrected chi connectivity index (χ1v) is 12.1. The van der Waals surface area contributed by atoms with Gasteiger partial charge < -0.3 is 24.5 Å². The molecule has 0 bridgehead atoms. The van der Waals surface area contributed by atoms with Gasteiger partial charge in [0.2, 0.25) is 0 Å². The van der Waals surface area contributed by atoms with Gasteiger partial charge in [-0.05, 0) is 62.1 Å². The van der Waals surface area contributed by atoms with E-state index in [0.717, 1.165) is 31.1 Å². The zero-order valence-electron chi connectivity index (χ0n) is 18.4. The molecule has 2 fully saturated rings. The zero-order valence-corrected chi connectivity index (χ0v) is 19.9. The Morgan fingerprint density at radius 2 is 1.82 bits per heavy atom. The van der Waals surface area contributed by atoms with Crippen LogP contribution in [0.2, 0.25) is 10.0 Å². The Morgan fingerprint density at radius 3 is 2.53 bits per heavy atom. The van der Waals surface area contributed by atoms with Gasteiger partial charge in [0.25, 0.3) is 5.91 Å². The highest BCUT2D eigenvalue weighted by atomic mass is 35.5. The van der Waals surface area contributed by atoms with Gasteiger partial charge in [-0.25, -0.2) is 4.39 Å². The zero-order chi connectivity index (χ0) is 23.7. The minimum atomic E-state index is -0.518. The molecule has 2 N–H and O–H groups in total. The molecule has 5 rings (SSSR count). The summed E-state index contributed by atoms with van der Waals surface area (Å²) in [7, 11) is 0. The Kier molecular flexibility index (Phi) is 6.71. The number of benzene rings is 2. The van der Waals surface area contributed by atoms with Gasteiger partial charge in [-0.15, -0.1) is 0 Å². The van der Waals surface area contributed by atoms with Crippen molar-refractivity contribution >= 4 is 40.1 Å². The lowest BCUT2D eigenvalue weighted by Crippen LogP contribution is -2.61. The van der Waals surface area contributed by atoms with Gasteiger partial charge in [0.15, 0.2) is 11.4 Å². The summed E-state index contributed by atoms with van der Waals surface area (Å²) in [4.78, 5) is 12.7. The molecule has 3 aromatic rings. The maximum absolute atomic E-state index is 13.8. The topological polar surface area (TPSA) is 72.7 Å². The number of carbonyl (C=O) groups excluding carboxylic acids is 1. The van der Waals surface area contributed by atoms with E-state index in [2.05, 4.69) is 10.6 Å². The molecular weight excluding hydrogens is 482 g/mol. The molecule has 9 heteroatoms. The molecule has 1 saturated heterocycles. The summed E-state index contributed by atoms with van der Waals surface area (Å²) in [6, 6.07) is 11.9. The summed E-state index contributed by atoms with van der Waals surface area (Å²) in [6.07, 6.45) is 3.57. The molecule has 0 unspecified atom stereocenters. The second-order valence-electron chi connectivity index (χ2n) is 9.05. The maximum atomic E-state index is 13.8. The van der Waals surface area contributed by atoms with Gasteiger partial charge in [0, 0.05) is 35.1 Å². The SMILES string of the molecule is O=C(N[C@H]1CC[C@H](NCC2(Oc3ccc(Cl)c(F)c3)COC2)CC1)c1cc2cc(Cl)ccc2o1. The van der Waals surface area contributed by atoms with Crippen LogP contribution in [0.1, 0.15) is 36.2 Å². The minimum absolute atomic E-state index is 0.0676. The van der Waals surface area contributed by atoms with Gasteiger partial charge in [-0.1, -0.05) is 23.2 Å². The van der Waals surface area contributed by atoms with E-state index in [1.165, 1.54) is 12.1 Å². The molecule has 34 heavy (non-hydrogen) atoms. The van der Waals surface area contributed by atoms with Crippen molar-refractivity contribution in [1.29, 1.82) is 0 Å². The highest BCUT2D eigenvalue weighted by Gasteiger charge is 2.42. The van der Waals surface area contributed by atoms with Crippen LogP contribution >= 0.6 is 23.2 Å².